The number of rotatable bonds is 1. The third-order valence-corrected chi connectivity index (χ3v) is 8.73. The molecule has 6 unspecified atom stereocenters. The lowest BCUT2D eigenvalue weighted by atomic mass is 9.40. The SMILES string of the molecule is CC12CCC3C(CCC4C(C)(C(=O)O)CCCC43C)(C1)C(=O)C2. The van der Waals surface area contributed by atoms with Crippen LogP contribution < -0.4 is 0 Å². The molecule has 0 aromatic rings. The molecule has 128 valence electrons. The second-order valence-corrected chi connectivity index (χ2v) is 10.0. The molecule has 4 aliphatic carbocycles. The second-order valence-electron chi connectivity index (χ2n) is 10.0. The number of carbonyl (C=O) groups is 2. The summed E-state index contributed by atoms with van der Waals surface area (Å²) in [6.45, 7) is 6.60. The molecule has 0 saturated heterocycles. The summed E-state index contributed by atoms with van der Waals surface area (Å²) in [6, 6.07) is 0. The van der Waals surface area contributed by atoms with Crippen molar-refractivity contribution in [1.29, 1.82) is 0 Å². The lowest BCUT2D eigenvalue weighted by molar-refractivity contribution is -0.184. The number of fused-ring (bicyclic) bond motifs is 3. The molecule has 0 amide bonds. The van der Waals surface area contributed by atoms with Crippen molar-refractivity contribution in [3.63, 3.8) is 0 Å². The second kappa shape index (κ2) is 4.40. The van der Waals surface area contributed by atoms with Gasteiger partial charge in [-0.25, -0.2) is 0 Å². The molecule has 4 aliphatic rings. The summed E-state index contributed by atoms with van der Waals surface area (Å²) in [5.74, 6) is 0.526. The van der Waals surface area contributed by atoms with Crippen LogP contribution in [0.2, 0.25) is 0 Å². The van der Waals surface area contributed by atoms with E-state index in [0.717, 1.165) is 57.8 Å². The Balaban J connectivity index is 1.78. The van der Waals surface area contributed by atoms with Gasteiger partial charge in [-0.2, -0.15) is 0 Å². The van der Waals surface area contributed by atoms with Crippen molar-refractivity contribution in [3.05, 3.63) is 0 Å². The zero-order valence-corrected chi connectivity index (χ0v) is 14.8. The number of hydrogen-bond acceptors (Lipinski definition) is 2. The van der Waals surface area contributed by atoms with E-state index in [2.05, 4.69) is 13.8 Å². The first-order valence-electron chi connectivity index (χ1n) is 9.43. The molecule has 4 fully saturated rings. The highest BCUT2D eigenvalue weighted by Gasteiger charge is 2.68. The molecule has 6 atom stereocenters. The third-order valence-electron chi connectivity index (χ3n) is 8.73. The number of carbonyl (C=O) groups excluding carboxylic acids is 1. The zero-order valence-electron chi connectivity index (χ0n) is 14.8. The van der Waals surface area contributed by atoms with E-state index < -0.39 is 11.4 Å². The Bertz CT molecular complexity index is 583. The summed E-state index contributed by atoms with van der Waals surface area (Å²) >= 11 is 0. The van der Waals surface area contributed by atoms with Crippen molar-refractivity contribution in [1.82, 2.24) is 0 Å². The van der Waals surface area contributed by atoms with Crippen molar-refractivity contribution in [2.45, 2.75) is 78.6 Å². The highest BCUT2D eigenvalue weighted by atomic mass is 16.4. The van der Waals surface area contributed by atoms with Crippen LogP contribution in [0.4, 0.5) is 0 Å². The molecule has 3 heteroatoms. The van der Waals surface area contributed by atoms with Gasteiger partial charge >= 0.3 is 5.97 Å². The summed E-state index contributed by atoms with van der Waals surface area (Å²) < 4.78 is 0. The molecular weight excluding hydrogens is 288 g/mol. The number of aliphatic carboxylic acids is 1. The fourth-order valence-electron chi connectivity index (χ4n) is 7.75. The molecule has 23 heavy (non-hydrogen) atoms. The van der Waals surface area contributed by atoms with Crippen LogP contribution in [0, 0.1) is 33.5 Å². The molecule has 0 radical (unpaired) electrons. The first-order valence-corrected chi connectivity index (χ1v) is 9.43. The average molecular weight is 318 g/mol. The number of carboxylic acids is 1. The van der Waals surface area contributed by atoms with Gasteiger partial charge in [0, 0.05) is 11.8 Å². The quantitative estimate of drug-likeness (QED) is 0.777. The Morgan fingerprint density at radius 1 is 1.04 bits per heavy atom. The lowest BCUT2D eigenvalue weighted by Gasteiger charge is -2.63. The predicted molar refractivity (Wildman–Crippen MR) is 87.9 cm³/mol. The summed E-state index contributed by atoms with van der Waals surface area (Å²) in [5, 5.41) is 9.90. The Morgan fingerprint density at radius 2 is 1.74 bits per heavy atom. The molecule has 4 rings (SSSR count). The van der Waals surface area contributed by atoms with Gasteiger partial charge in [0.25, 0.3) is 0 Å². The van der Waals surface area contributed by atoms with E-state index in [1.807, 2.05) is 6.92 Å². The number of Topliss-reactive ketones (excluding diaryl/α,β-unsaturated/α-hetero) is 1. The summed E-state index contributed by atoms with van der Waals surface area (Å²) in [5.41, 5.74) is -0.460. The summed E-state index contributed by atoms with van der Waals surface area (Å²) in [6.07, 6.45) is 8.88. The summed E-state index contributed by atoms with van der Waals surface area (Å²) in [4.78, 5) is 25.1. The standard InChI is InChI=1S/C20H30O3/c1-17-9-5-14-18(2)7-4-8-19(3,16(22)23)13(18)6-10-20(14,12-17)15(21)11-17/h13-14H,4-12H2,1-3H3,(H,22,23). The minimum atomic E-state index is -0.622. The van der Waals surface area contributed by atoms with Crippen LogP contribution in [-0.4, -0.2) is 16.9 Å². The number of ketones is 1. The van der Waals surface area contributed by atoms with Gasteiger partial charge in [0.05, 0.1) is 5.41 Å². The van der Waals surface area contributed by atoms with Gasteiger partial charge in [0.1, 0.15) is 5.78 Å². The Hall–Kier alpha value is -0.860. The number of carboxylic acid groups (broad SMARTS) is 1. The predicted octanol–water partition coefficient (Wildman–Crippen LogP) is 4.44. The van der Waals surface area contributed by atoms with Gasteiger partial charge in [-0.3, -0.25) is 9.59 Å². The highest BCUT2D eigenvalue weighted by Crippen LogP contribution is 2.72. The van der Waals surface area contributed by atoms with Crippen LogP contribution >= 0.6 is 0 Å². The normalized spacial score (nSPS) is 55.2. The minimum absolute atomic E-state index is 0.0327. The first-order chi connectivity index (χ1) is 10.7. The Morgan fingerprint density at radius 3 is 2.43 bits per heavy atom. The monoisotopic (exact) mass is 318 g/mol. The van der Waals surface area contributed by atoms with Crippen LogP contribution in [0.3, 0.4) is 0 Å². The number of hydrogen-bond donors (Lipinski definition) is 1. The van der Waals surface area contributed by atoms with Crippen molar-refractivity contribution in [3.8, 4) is 0 Å². The van der Waals surface area contributed by atoms with Crippen molar-refractivity contribution in [2.24, 2.45) is 33.5 Å². The molecule has 0 aromatic heterocycles. The molecule has 4 saturated carbocycles. The Kier molecular flexibility index (Phi) is 3.00. The first kappa shape index (κ1) is 15.7. The molecule has 1 N–H and O–H groups in total. The van der Waals surface area contributed by atoms with E-state index in [-0.39, 0.29) is 22.2 Å². The minimum Gasteiger partial charge on any atom is -0.481 e. The van der Waals surface area contributed by atoms with Crippen molar-refractivity contribution in [2.75, 3.05) is 0 Å². The van der Waals surface area contributed by atoms with Crippen molar-refractivity contribution < 1.29 is 14.7 Å². The van der Waals surface area contributed by atoms with E-state index in [1.54, 1.807) is 0 Å². The van der Waals surface area contributed by atoms with E-state index in [0.29, 0.717) is 11.7 Å². The van der Waals surface area contributed by atoms with E-state index in [9.17, 15) is 14.7 Å². The molecule has 0 aromatic carbocycles. The fourth-order valence-corrected chi connectivity index (χ4v) is 7.75. The largest absolute Gasteiger partial charge is 0.481 e. The lowest BCUT2D eigenvalue weighted by Crippen LogP contribution is -2.59. The maximum atomic E-state index is 13.0. The maximum absolute atomic E-state index is 13.0. The van der Waals surface area contributed by atoms with Gasteiger partial charge < -0.3 is 5.11 Å². The van der Waals surface area contributed by atoms with Crippen LogP contribution in [0.25, 0.3) is 0 Å². The van der Waals surface area contributed by atoms with Gasteiger partial charge in [-0.1, -0.05) is 20.3 Å². The molecule has 2 bridgehead atoms. The highest BCUT2D eigenvalue weighted by molar-refractivity contribution is 5.89. The van der Waals surface area contributed by atoms with Gasteiger partial charge in [0.2, 0.25) is 0 Å². The molecule has 0 aliphatic heterocycles. The topological polar surface area (TPSA) is 54.4 Å². The van der Waals surface area contributed by atoms with E-state index in [1.165, 1.54) is 0 Å². The smallest absolute Gasteiger partial charge is 0.309 e. The molecule has 3 nitrogen and oxygen atoms in total. The van der Waals surface area contributed by atoms with Crippen LogP contribution in [0.5, 0.6) is 0 Å². The third kappa shape index (κ3) is 1.77. The van der Waals surface area contributed by atoms with E-state index >= 15 is 0 Å². The average Bonchev–Trinajstić information content (AvgIpc) is 2.63. The molecule has 1 spiro atoms. The van der Waals surface area contributed by atoms with Gasteiger partial charge in [-0.05, 0) is 74.5 Å². The van der Waals surface area contributed by atoms with Crippen LogP contribution in [0.1, 0.15) is 78.6 Å². The zero-order chi connectivity index (χ0) is 16.7. The Labute approximate surface area is 139 Å². The maximum Gasteiger partial charge on any atom is 0.309 e. The van der Waals surface area contributed by atoms with E-state index in [4.69, 9.17) is 0 Å². The van der Waals surface area contributed by atoms with Crippen LogP contribution in [0.15, 0.2) is 0 Å². The van der Waals surface area contributed by atoms with Gasteiger partial charge in [-0.15, -0.1) is 0 Å². The molecule has 0 heterocycles. The molecular formula is C20H30O3. The van der Waals surface area contributed by atoms with Gasteiger partial charge in [0.15, 0.2) is 0 Å². The van der Waals surface area contributed by atoms with Crippen LogP contribution in [-0.2, 0) is 9.59 Å². The fraction of sp³-hybridized carbons (Fsp3) is 0.900. The van der Waals surface area contributed by atoms with Crippen molar-refractivity contribution >= 4 is 11.8 Å². The summed E-state index contributed by atoms with van der Waals surface area (Å²) in [7, 11) is 0.